The van der Waals surface area contributed by atoms with Crippen molar-refractivity contribution in [1.29, 1.82) is 0 Å². The zero-order chi connectivity index (χ0) is 15.4. The topological polar surface area (TPSA) is 21.3 Å². The van der Waals surface area contributed by atoms with Gasteiger partial charge in [0.25, 0.3) is 0 Å². The van der Waals surface area contributed by atoms with E-state index < -0.39 is 11.9 Å². The Morgan fingerprint density at radius 1 is 1.14 bits per heavy atom. The van der Waals surface area contributed by atoms with Gasteiger partial charge in [-0.05, 0) is 30.3 Å². The van der Waals surface area contributed by atoms with Crippen molar-refractivity contribution in [1.82, 2.24) is 5.32 Å². The Labute approximate surface area is 127 Å². The van der Waals surface area contributed by atoms with Crippen molar-refractivity contribution in [2.24, 2.45) is 0 Å². The molecule has 2 aromatic rings. The van der Waals surface area contributed by atoms with Gasteiger partial charge in [-0.2, -0.15) is 0 Å². The molecule has 21 heavy (non-hydrogen) atoms. The standard InChI is InChI=1S/C16H16ClF2NO/c1-3-20-16(10-4-7-14(18)13(17)8-10)12-6-5-11(21-2)9-15(12)19/h4-9,16,20H,3H2,1-2H3. The lowest BCUT2D eigenvalue weighted by molar-refractivity contribution is 0.410. The SMILES string of the molecule is CCNC(c1ccc(F)c(Cl)c1)c1ccc(OC)cc1F. The van der Waals surface area contributed by atoms with E-state index in [1.165, 1.54) is 25.3 Å². The van der Waals surface area contributed by atoms with Gasteiger partial charge in [0, 0.05) is 11.6 Å². The van der Waals surface area contributed by atoms with Gasteiger partial charge in [-0.1, -0.05) is 30.7 Å². The lowest BCUT2D eigenvalue weighted by Crippen LogP contribution is -2.23. The third-order valence-electron chi connectivity index (χ3n) is 3.20. The Morgan fingerprint density at radius 3 is 2.48 bits per heavy atom. The second kappa shape index (κ2) is 6.87. The van der Waals surface area contributed by atoms with Crippen LogP contribution in [0.25, 0.3) is 0 Å². The van der Waals surface area contributed by atoms with Crippen LogP contribution in [-0.2, 0) is 0 Å². The van der Waals surface area contributed by atoms with Crippen LogP contribution in [0.15, 0.2) is 36.4 Å². The summed E-state index contributed by atoms with van der Waals surface area (Å²) in [4.78, 5) is 0. The summed E-state index contributed by atoms with van der Waals surface area (Å²) < 4.78 is 32.5. The van der Waals surface area contributed by atoms with Gasteiger partial charge in [-0.3, -0.25) is 0 Å². The van der Waals surface area contributed by atoms with Gasteiger partial charge in [0.1, 0.15) is 17.4 Å². The van der Waals surface area contributed by atoms with Crippen molar-refractivity contribution < 1.29 is 13.5 Å². The van der Waals surface area contributed by atoms with Gasteiger partial charge < -0.3 is 10.1 Å². The smallest absolute Gasteiger partial charge is 0.141 e. The Kier molecular flexibility index (Phi) is 5.15. The average molecular weight is 312 g/mol. The molecule has 0 saturated heterocycles. The van der Waals surface area contributed by atoms with Crippen LogP contribution < -0.4 is 10.1 Å². The molecule has 0 amide bonds. The Hall–Kier alpha value is -1.65. The second-order valence-electron chi connectivity index (χ2n) is 4.55. The highest BCUT2D eigenvalue weighted by atomic mass is 35.5. The molecule has 1 atom stereocenters. The summed E-state index contributed by atoms with van der Waals surface area (Å²) in [5.41, 5.74) is 1.16. The highest BCUT2D eigenvalue weighted by Gasteiger charge is 2.18. The summed E-state index contributed by atoms with van der Waals surface area (Å²) in [6, 6.07) is 8.64. The molecule has 112 valence electrons. The third-order valence-corrected chi connectivity index (χ3v) is 3.49. The van der Waals surface area contributed by atoms with Crippen LogP contribution in [0.4, 0.5) is 8.78 Å². The van der Waals surface area contributed by atoms with Gasteiger partial charge in [0.2, 0.25) is 0 Å². The Morgan fingerprint density at radius 2 is 1.90 bits per heavy atom. The Bertz CT molecular complexity index is 634. The van der Waals surface area contributed by atoms with Gasteiger partial charge in [-0.15, -0.1) is 0 Å². The molecule has 0 bridgehead atoms. The number of hydrogen-bond acceptors (Lipinski definition) is 2. The van der Waals surface area contributed by atoms with E-state index in [9.17, 15) is 8.78 Å². The zero-order valence-corrected chi connectivity index (χ0v) is 12.5. The molecule has 0 fully saturated rings. The molecule has 2 aromatic carbocycles. The molecule has 0 saturated carbocycles. The van der Waals surface area contributed by atoms with E-state index in [4.69, 9.17) is 16.3 Å². The molecule has 1 N–H and O–H groups in total. The summed E-state index contributed by atoms with van der Waals surface area (Å²) >= 11 is 5.82. The quantitative estimate of drug-likeness (QED) is 0.887. The van der Waals surface area contributed by atoms with E-state index in [-0.39, 0.29) is 10.8 Å². The van der Waals surface area contributed by atoms with Crippen molar-refractivity contribution in [3.05, 3.63) is 64.2 Å². The van der Waals surface area contributed by atoms with Crippen molar-refractivity contribution >= 4 is 11.6 Å². The maximum Gasteiger partial charge on any atom is 0.141 e. The van der Waals surface area contributed by atoms with Crippen molar-refractivity contribution in [3.63, 3.8) is 0 Å². The molecule has 2 nitrogen and oxygen atoms in total. The third kappa shape index (κ3) is 3.52. The first-order valence-electron chi connectivity index (χ1n) is 6.58. The van der Waals surface area contributed by atoms with Gasteiger partial charge in [-0.25, -0.2) is 8.78 Å². The van der Waals surface area contributed by atoms with E-state index in [1.54, 1.807) is 18.2 Å². The molecule has 0 aliphatic rings. The molecular formula is C16H16ClF2NO. The Balaban J connectivity index is 2.45. The second-order valence-corrected chi connectivity index (χ2v) is 4.96. The van der Waals surface area contributed by atoms with E-state index in [2.05, 4.69) is 5.32 Å². The summed E-state index contributed by atoms with van der Waals surface area (Å²) in [6.45, 7) is 2.55. The first-order chi connectivity index (χ1) is 10.1. The minimum absolute atomic E-state index is 0.0179. The van der Waals surface area contributed by atoms with Crippen LogP contribution in [0.3, 0.4) is 0 Å². The maximum atomic E-state index is 14.2. The number of ether oxygens (including phenoxy) is 1. The largest absolute Gasteiger partial charge is 0.497 e. The van der Waals surface area contributed by atoms with Crippen LogP contribution in [0.1, 0.15) is 24.1 Å². The number of hydrogen-bond donors (Lipinski definition) is 1. The van der Waals surface area contributed by atoms with Crippen molar-refractivity contribution in [2.45, 2.75) is 13.0 Å². The van der Waals surface area contributed by atoms with E-state index >= 15 is 0 Å². The van der Waals surface area contributed by atoms with E-state index in [1.807, 2.05) is 6.92 Å². The summed E-state index contributed by atoms with van der Waals surface area (Å²) in [7, 11) is 1.48. The van der Waals surface area contributed by atoms with Crippen LogP contribution in [0.5, 0.6) is 5.75 Å². The van der Waals surface area contributed by atoms with Crippen LogP contribution >= 0.6 is 11.6 Å². The fourth-order valence-corrected chi connectivity index (χ4v) is 2.36. The summed E-state index contributed by atoms with van der Waals surface area (Å²) in [6.07, 6.45) is 0. The summed E-state index contributed by atoms with van der Waals surface area (Å²) in [5.74, 6) is -0.435. The van der Waals surface area contributed by atoms with E-state index in [0.29, 0.717) is 23.4 Å². The number of methoxy groups -OCH3 is 1. The first kappa shape index (κ1) is 15.7. The lowest BCUT2D eigenvalue weighted by Gasteiger charge is -2.20. The zero-order valence-electron chi connectivity index (χ0n) is 11.8. The molecule has 0 heterocycles. The number of rotatable bonds is 5. The fraction of sp³-hybridized carbons (Fsp3) is 0.250. The van der Waals surface area contributed by atoms with E-state index in [0.717, 1.165) is 0 Å². The van der Waals surface area contributed by atoms with Crippen molar-refractivity contribution in [3.8, 4) is 5.75 Å². The molecule has 0 spiro atoms. The minimum Gasteiger partial charge on any atom is -0.497 e. The first-order valence-corrected chi connectivity index (χ1v) is 6.96. The highest BCUT2D eigenvalue weighted by molar-refractivity contribution is 6.30. The minimum atomic E-state index is -0.495. The highest BCUT2D eigenvalue weighted by Crippen LogP contribution is 2.29. The average Bonchev–Trinajstić information content (AvgIpc) is 2.48. The molecule has 0 aliphatic carbocycles. The fourth-order valence-electron chi connectivity index (χ4n) is 2.17. The predicted molar refractivity (Wildman–Crippen MR) is 79.9 cm³/mol. The van der Waals surface area contributed by atoms with Gasteiger partial charge in [0.15, 0.2) is 0 Å². The van der Waals surface area contributed by atoms with Crippen molar-refractivity contribution in [2.75, 3.05) is 13.7 Å². The number of nitrogens with one attached hydrogen (secondary N) is 1. The number of halogens is 3. The molecular weight excluding hydrogens is 296 g/mol. The monoisotopic (exact) mass is 311 g/mol. The predicted octanol–water partition coefficient (Wildman–Crippen LogP) is 4.33. The number of benzene rings is 2. The summed E-state index contributed by atoms with van der Waals surface area (Å²) in [5, 5.41) is 3.20. The molecule has 1 unspecified atom stereocenters. The van der Waals surface area contributed by atoms with Crippen LogP contribution in [-0.4, -0.2) is 13.7 Å². The molecule has 0 aliphatic heterocycles. The molecule has 5 heteroatoms. The molecule has 2 rings (SSSR count). The molecule has 0 radical (unpaired) electrons. The van der Waals surface area contributed by atoms with Crippen LogP contribution in [0.2, 0.25) is 5.02 Å². The normalized spacial score (nSPS) is 12.2. The van der Waals surface area contributed by atoms with Gasteiger partial charge in [0.05, 0.1) is 18.2 Å². The maximum absolute atomic E-state index is 14.2. The van der Waals surface area contributed by atoms with Gasteiger partial charge >= 0.3 is 0 Å². The van der Waals surface area contributed by atoms with Crippen LogP contribution in [0, 0.1) is 11.6 Å². The lowest BCUT2D eigenvalue weighted by atomic mass is 9.98. The molecule has 0 aromatic heterocycles.